The molecular formula is C18H20BrN3O2. The first-order valence-corrected chi connectivity index (χ1v) is 8.70. The van der Waals surface area contributed by atoms with Gasteiger partial charge in [0.15, 0.2) is 0 Å². The van der Waals surface area contributed by atoms with Crippen LogP contribution in [-0.2, 0) is 0 Å². The third-order valence-corrected chi connectivity index (χ3v) is 3.95. The first-order chi connectivity index (χ1) is 11.6. The highest BCUT2D eigenvalue weighted by Crippen LogP contribution is 2.15. The topological polar surface area (TPSA) is 71.1 Å². The molecule has 1 heterocycles. The predicted octanol–water partition coefficient (Wildman–Crippen LogP) is 4.02. The zero-order valence-corrected chi connectivity index (χ0v) is 15.1. The van der Waals surface area contributed by atoms with Crippen molar-refractivity contribution in [2.45, 2.75) is 26.2 Å². The maximum atomic E-state index is 12.3. The van der Waals surface area contributed by atoms with Crippen molar-refractivity contribution in [2.75, 3.05) is 11.9 Å². The Labute approximate surface area is 150 Å². The van der Waals surface area contributed by atoms with Crippen molar-refractivity contribution in [3.8, 4) is 0 Å². The fraction of sp³-hybridized carbons (Fsp3) is 0.278. The summed E-state index contributed by atoms with van der Waals surface area (Å²) in [6.45, 7) is 2.75. The summed E-state index contributed by atoms with van der Waals surface area (Å²) in [5.41, 5.74) is 1.31. The molecule has 2 rings (SSSR count). The van der Waals surface area contributed by atoms with Gasteiger partial charge < -0.3 is 10.6 Å². The van der Waals surface area contributed by atoms with E-state index in [2.05, 4.69) is 38.5 Å². The van der Waals surface area contributed by atoms with Crippen LogP contribution in [-0.4, -0.2) is 23.3 Å². The smallest absolute Gasteiger partial charge is 0.274 e. The normalized spacial score (nSPS) is 10.2. The van der Waals surface area contributed by atoms with E-state index >= 15 is 0 Å². The van der Waals surface area contributed by atoms with Crippen molar-refractivity contribution >= 4 is 33.4 Å². The average Bonchev–Trinajstić information content (AvgIpc) is 2.60. The number of hydrogen-bond donors (Lipinski definition) is 2. The predicted molar refractivity (Wildman–Crippen MR) is 98.2 cm³/mol. The average molecular weight is 390 g/mol. The molecule has 2 aromatic rings. The quantitative estimate of drug-likeness (QED) is 0.702. The van der Waals surface area contributed by atoms with E-state index in [4.69, 9.17) is 0 Å². The monoisotopic (exact) mass is 389 g/mol. The molecule has 2 N–H and O–H groups in total. The third-order valence-electron chi connectivity index (χ3n) is 3.42. The molecule has 0 saturated carbocycles. The number of unbranched alkanes of at least 4 members (excludes halogenated alkanes) is 2. The number of halogens is 1. The lowest BCUT2D eigenvalue weighted by Crippen LogP contribution is -2.25. The molecule has 0 unspecified atom stereocenters. The van der Waals surface area contributed by atoms with Crippen LogP contribution >= 0.6 is 15.9 Å². The largest absolute Gasteiger partial charge is 0.352 e. The van der Waals surface area contributed by atoms with Gasteiger partial charge in [-0.2, -0.15) is 0 Å². The molecule has 0 spiro atoms. The standard InChI is InChI=1S/C18H20BrN3O2/c1-2-3-4-10-21-17(23)13-9-11-20-16(12-13)18(24)22-15-7-5-14(19)6-8-15/h5-9,11-12H,2-4,10H2,1H3,(H,21,23)(H,22,24). The van der Waals surface area contributed by atoms with Gasteiger partial charge in [0.05, 0.1) is 0 Å². The van der Waals surface area contributed by atoms with E-state index in [9.17, 15) is 9.59 Å². The van der Waals surface area contributed by atoms with Gasteiger partial charge in [0, 0.05) is 28.5 Å². The molecule has 0 radical (unpaired) electrons. The number of nitrogens with zero attached hydrogens (tertiary/aromatic N) is 1. The number of amides is 2. The molecule has 1 aromatic carbocycles. The summed E-state index contributed by atoms with van der Waals surface area (Å²) in [5.74, 6) is -0.538. The zero-order chi connectivity index (χ0) is 17.4. The van der Waals surface area contributed by atoms with Crippen molar-refractivity contribution in [1.82, 2.24) is 10.3 Å². The minimum atomic E-state index is -0.349. The Hall–Kier alpha value is -2.21. The Bertz CT molecular complexity index is 702. The highest BCUT2D eigenvalue weighted by atomic mass is 79.9. The van der Waals surface area contributed by atoms with E-state index in [1.807, 2.05) is 12.1 Å². The van der Waals surface area contributed by atoms with E-state index in [1.165, 1.54) is 12.3 Å². The Balaban J connectivity index is 1.99. The van der Waals surface area contributed by atoms with Gasteiger partial charge in [0.1, 0.15) is 5.69 Å². The van der Waals surface area contributed by atoms with Crippen LogP contribution in [0.4, 0.5) is 5.69 Å². The van der Waals surface area contributed by atoms with Gasteiger partial charge in [-0.25, -0.2) is 0 Å². The van der Waals surface area contributed by atoms with Gasteiger partial charge in [0.2, 0.25) is 0 Å². The number of rotatable bonds is 7. The SMILES string of the molecule is CCCCCNC(=O)c1ccnc(C(=O)Nc2ccc(Br)cc2)c1. The zero-order valence-electron chi connectivity index (χ0n) is 13.5. The fourth-order valence-electron chi connectivity index (χ4n) is 2.10. The van der Waals surface area contributed by atoms with Gasteiger partial charge in [-0.05, 0) is 42.8 Å². The third kappa shape index (κ3) is 5.45. The maximum absolute atomic E-state index is 12.3. The molecule has 0 aliphatic rings. The van der Waals surface area contributed by atoms with Gasteiger partial charge in [-0.15, -0.1) is 0 Å². The Morgan fingerprint density at radius 2 is 1.83 bits per heavy atom. The first kappa shape index (κ1) is 18.1. The second kappa shape index (κ2) is 9.17. The van der Waals surface area contributed by atoms with E-state index < -0.39 is 0 Å². The van der Waals surface area contributed by atoms with Crippen LogP contribution in [0.5, 0.6) is 0 Å². The highest BCUT2D eigenvalue weighted by Gasteiger charge is 2.12. The number of hydrogen-bond acceptors (Lipinski definition) is 3. The first-order valence-electron chi connectivity index (χ1n) is 7.91. The summed E-state index contributed by atoms with van der Waals surface area (Å²) in [6.07, 6.45) is 4.60. The number of carbonyl (C=O) groups is 2. The summed E-state index contributed by atoms with van der Waals surface area (Å²) in [6, 6.07) is 10.3. The molecule has 6 heteroatoms. The van der Waals surface area contributed by atoms with Crippen LogP contribution in [0, 0.1) is 0 Å². The van der Waals surface area contributed by atoms with Crippen molar-refractivity contribution in [3.63, 3.8) is 0 Å². The fourth-order valence-corrected chi connectivity index (χ4v) is 2.37. The van der Waals surface area contributed by atoms with Crippen LogP contribution in [0.25, 0.3) is 0 Å². The number of nitrogens with one attached hydrogen (secondary N) is 2. The van der Waals surface area contributed by atoms with Gasteiger partial charge in [-0.1, -0.05) is 35.7 Å². The number of pyridine rings is 1. The Kier molecular flexibility index (Phi) is 6.93. The van der Waals surface area contributed by atoms with E-state index in [1.54, 1.807) is 18.2 Å². The van der Waals surface area contributed by atoms with Crippen LogP contribution in [0.1, 0.15) is 47.0 Å². The molecular weight excluding hydrogens is 370 g/mol. The van der Waals surface area contributed by atoms with E-state index in [0.29, 0.717) is 17.8 Å². The van der Waals surface area contributed by atoms with Crippen molar-refractivity contribution in [2.24, 2.45) is 0 Å². The lowest BCUT2D eigenvalue weighted by molar-refractivity contribution is 0.0953. The van der Waals surface area contributed by atoms with Crippen LogP contribution in [0.3, 0.4) is 0 Å². The lowest BCUT2D eigenvalue weighted by Gasteiger charge is -2.07. The summed E-state index contributed by atoms with van der Waals surface area (Å²) in [5, 5.41) is 5.61. The number of aromatic nitrogens is 1. The summed E-state index contributed by atoms with van der Waals surface area (Å²) < 4.78 is 0.931. The van der Waals surface area contributed by atoms with Gasteiger partial charge >= 0.3 is 0 Å². The summed E-state index contributed by atoms with van der Waals surface area (Å²) >= 11 is 3.34. The summed E-state index contributed by atoms with van der Waals surface area (Å²) in [4.78, 5) is 28.4. The molecule has 5 nitrogen and oxygen atoms in total. The Morgan fingerprint density at radius 3 is 2.54 bits per heavy atom. The number of benzene rings is 1. The van der Waals surface area contributed by atoms with Crippen LogP contribution in [0.15, 0.2) is 47.1 Å². The van der Waals surface area contributed by atoms with Crippen LogP contribution in [0.2, 0.25) is 0 Å². The Morgan fingerprint density at radius 1 is 1.08 bits per heavy atom. The van der Waals surface area contributed by atoms with Crippen molar-refractivity contribution in [1.29, 1.82) is 0 Å². The molecule has 24 heavy (non-hydrogen) atoms. The van der Waals surface area contributed by atoms with Crippen LogP contribution < -0.4 is 10.6 Å². The highest BCUT2D eigenvalue weighted by molar-refractivity contribution is 9.10. The molecule has 0 atom stereocenters. The van der Waals surface area contributed by atoms with Gasteiger partial charge in [0.25, 0.3) is 11.8 Å². The van der Waals surface area contributed by atoms with Crippen molar-refractivity contribution < 1.29 is 9.59 Å². The second-order valence-electron chi connectivity index (χ2n) is 5.35. The minimum absolute atomic E-state index is 0.189. The molecule has 0 saturated heterocycles. The molecule has 0 aliphatic carbocycles. The molecule has 2 amide bonds. The van der Waals surface area contributed by atoms with Gasteiger partial charge in [-0.3, -0.25) is 14.6 Å². The molecule has 0 fully saturated rings. The maximum Gasteiger partial charge on any atom is 0.274 e. The number of carbonyl (C=O) groups excluding carboxylic acids is 2. The molecule has 1 aromatic heterocycles. The summed E-state index contributed by atoms with van der Waals surface area (Å²) in [7, 11) is 0. The molecule has 0 aliphatic heterocycles. The van der Waals surface area contributed by atoms with Crippen molar-refractivity contribution in [3.05, 3.63) is 58.3 Å². The van der Waals surface area contributed by atoms with E-state index in [0.717, 1.165) is 23.7 Å². The van der Waals surface area contributed by atoms with E-state index in [-0.39, 0.29) is 17.5 Å². The number of anilines is 1. The molecule has 0 bridgehead atoms. The molecule has 126 valence electrons. The minimum Gasteiger partial charge on any atom is -0.352 e. The second-order valence-corrected chi connectivity index (χ2v) is 6.27. The lowest BCUT2D eigenvalue weighted by atomic mass is 10.2.